The monoisotopic (exact) mass is 380 g/mol. The number of ether oxygens (including phenoxy) is 3. The number of aliphatic imine (C=N–C) groups is 2. The maximum absolute atomic E-state index is 12.7. The van der Waals surface area contributed by atoms with E-state index in [2.05, 4.69) is 9.98 Å². The zero-order valence-electron chi connectivity index (χ0n) is 15.7. The Morgan fingerprint density at radius 2 is 2.14 bits per heavy atom. The molecule has 0 saturated carbocycles. The largest absolute Gasteiger partial charge is 0.491 e. The van der Waals surface area contributed by atoms with E-state index in [0.717, 1.165) is 11.4 Å². The molecule has 0 N–H and O–H groups in total. The average Bonchev–Trinajstić information content (AvgIpc) is 3.23. The molecule has 0 bridgehead atoms. The van der Waals surface area contributed by atoms with Gasteiger partial charge in [-0.2, -0.15) is 0 Å². The molecule has 0 unspecified atom stereocenters. The fraction of sp³-hybridized carbons (Fsp3) is 0.300. The molecule has 0 fully saturated rings. The lowest BCUT2D eigenvalue weighted by Gasteiger charge is -2.28. The minimum Gasteiger partial charge on any atom is -0.491 e. The van der Waals surface area contributed by atoms with Crippen LogP contribution in [-0.4, -0.2) is 61.4 Å². The van der Waals surface area contributed by atoms with Gasteiger partial charge in [0, 0.05) is 37.2 Å². The van der Waals surface area contributed by atoms with E-state index in [9.17, 15) is 4.79 Å². The quantitative estimate of drug-likeness (QED) is 0.542. The van der Waals surface area contributed by atoms with Gasteiger partial charge >= 0.3 is 0 Å². The van der Waals surface area contributed by atoms with Crippen LogP contribution in [0.1, 0.15) is 22.3 Å². The van der Waals surface area contributed by atoms with Gasteiger partial charge in [0.2, 0.25) is 0 Å². The van der Waals surface area contributed by atoms with Gasteiger partial charge in [0.1, 0.15) is 17.4 Å². The number of Topliss-reactive ketones (excluding diaryl/α,β-unsaturated/α-hetero) is 1. The number of carbonyl (C=O) groups is 1. The number of carbonyl (C=O) groups excluding carboxylic acids is 1. The van der Waals surface area contributed by atoms with E-state index in [1.54, 1.807) is 38.7 Å². The van der Waals surface area contributed by atoms with Crippen molar-refractivity contribution in [2.24, 2.45) is 9.98 Å². The number of hydrogen-bond donors (Lipinski definition) is 0. The van der Waals surface area contributed by atoms with Crippen molar-refractivity contribution in [1.29, 1.82) is 0 Å². The molecular formula is C20H20N4O4. The first kappa shape index (κ1) is 18.1. The van der Waals surface area contributed by atoms with Crippen molar-refractivity contribution in [3.05, 3.63) is 47.8 Å². The predicted molar refractivity (Wildman–Crippen MR) is 104 cm³/mol. The molecule has 0 aliphatic carbocycles. The first-order valence-corrected chi connectivity index (χ1v) is 8.88. The Morgan fingerprint density at radius 1 is 1.25 bits per heavy atom. The van der Waals surface area contributed by atoms with Gasteiger partial charge in [0.15, 0.2) is 24.1 Å². The summed E-state index contributed by atoms with van der Waals surface area (Å²) in [6, 6.07) is 7.22. The Morgan fingerprint density at radius 3 is 2.89 bits per heavy atom. The number of benzene rings is 1. The summed E-state index contributed by atoms with van der Waals surface area (Å²) in [6.45, 7) is 1.44. The summed E-state index contributed by atoms with van der Waals surface area (Å²) in [5.74, 6) is 2.41. The number of fused-ring (bicyclic) bond motifs is 3. The van der Waals surface area contributed by atoms with Crippen molar-refractivity contribution < 1.29 is 19.0 Å². The molecule has 3 heterocycles. The molecule has 2 aliphatic heterocycles. The highest BCUT2D eigenvalue weighted by atomic mass is 16.7. The molecule has 0 amide bonds. The highest BCUT2D eigenvalue weighted by molar-refractivity contribution is 6.21. The normalized spacial score (nSPS) is 14.7. The zero-order valence-corrected chi connectivity index (χ0v) is 15.7. The standard InChI is InChI=1S/C20H20N4O4/c1-26-12-28-16-6-5-14-18(19(16)27-2)23-17(24-9-8-22-20(14)24)10-15(25)13-4-3-7-21-11-13/h3-7,11H,8-10,12H2,1-2H3. The molecule has 2 aliphatic rings. The lowest BCUT2D eigenvalue weighted by Crippen LogP contribution is -2.38. The van der Waals surface area contributed by atoms with E-state index >= 15 is 0 Å². The van der Waals surface area contributed by atoms with E-state index in [1.165, 1.54) is 0 Å². The van der Waals surface area contributed by atoms with E-state index in [0.29, 0.717) is 41.7 Å². The molecule has 2 aromatic rings. The van der Waals surface area contributed by atoms with Crippen LogP contribution in [0.2, 0.25) is 0 Å². The number of rotatable bonds is 7. The average molecular weight is 380 g/mol. The summed E-state index contributed by atoms with van der Waals surface area (Å²) in [7, 11) is 3.12. The molecule has 0 atom stereocenters. The molecule has 0 radical (unpaired) electrons. The third-order valence-corrected chi connectivity index (χ3v) is 4.57. The number of amidine groups is 2. The van der Waals surface area contributed by atoms with Gasteiger partial charge in [-0.05, 0) is 24.3 Å². The molecule has 1 aromatic carbocycles. The molecule has 8 heteroatoms. The number of aromatic nitrogens is 1. The summed E-state index contributed by atoms with van der Waals surface area (Å²) < 4.78 is 16.2. The molecule has 0 saturated heterocycles. The number of ketones is 1. The van der Waals surface area contributed by atoms with Gasteiger partial charge in [0.25, 0.3) is 0 Å². The SMILES string of the molecule is COCOc1ccc2c(c1OC)N=C(CC(=O)c1cccnc1)N1CCN=C21. The van der Waals surface area contributed by atoms with Gasteiger partial charge in [-0.15, -0.1) is 0 Å². The molecular weight excluding hydrogens is 360 g/mol. The Labute approximate surface area is 162 Å². The maximum atomic E-state index is 12.7. The molecule has 1 aromatic heterocycles. The fourth-order valence-electron chi connectivity index (χ4n) is 3.30. The smallest absolute Gasteiger partial charge is 0.188 e. The molecule has 28 heavy (non-hydrogen) atoms. The molecule has 4 rings (SSSR count). The zero-order chi connectivity index (χ0) is 19.5. The van der Waals surface area contributed by atoms with Crippen LogP contribution in [0.5, 0.6) is 11.5 Å². The van der Waals surface area contributed by atoms with Crippen molar-refractivity contribution >= 4 is 23.1 Å². The highest BCUT2D eigenvalue weighted by Crippen LogP contribution is 2.43. The van der Waals surface area contributed by atoms with Gasteiger partial charge in [-0.1, -0.05) is 0 Å². The second-order valence-electron chi connectivity index (χ2n) is 6.27. The van der Waals surface area contributed by atoms with Crippen molar-refractivity contribution in [1.82, 2.24) is 9.88 Å². The minimum absolute atomic E-state index is 0.0488. The third-order valence-electron chi connectivity index (χ3n) is 4.57. The van der Waals surface area contributed by atoms with Gasteiger partial charge in [-0.3, -0.25) is 14.8 Å². The van der Waals surface area contributed by atoms with Crippen LogP contribution in [0.4, 0.5) is 5.69 Å². The summed E-state index contributed by atoms with van der Waals surface area (Å²) >= 11 is 0. The van der Waals surface area contributed by atoms with Crippen molar-refractivity contribution in [3.8, 4) is 11.5 Å². The summed E-state index contributed by atoms with van der Waals surface area (Å²) in [6.07, 6.45) is 3.36. The maximum Gasteiger partial charge on any atom is 0.188 e. The first-order valence-electron chi connectivity index (χ1n) is 8.88. The third kappa shape index (κ3) is 3.22. The lowest BCUT2D eigenvalue weighted by atomic mass is 10.0. The second-order valence-corrected chi connectivity index (χ2v) is 6.27. The Balaban J connectivity index is 1.74. The van der Waals surface area contributed by atoms with Crippen LogP contribution in [-0.2, 0) is 4.74 Å². The number of methoxy groups -OCH3 is 2. The van der Waals surface area contributed by atoms with E-state index in [-0.39, 0.29) is 19.0 Å². The van der Waals surface area contributed by atoms with Crippen LogP contribution in [0.25, 0.3) is 0 Å². The minimum atomic E-state index is -0.0488. The fourth-order valence-corrected chi connectivity index (χ4v) is 3.30. The topological polar surface area (TPSA) is 85.6 Å². The van der Waals surface area contributed by atoms with Crippen LogP contribution >= 0.6 is 0 Å². The van der Waals surface area contributed by atoms with Gasteiger partial charge < -0.3 is 19.1 Å². The number of hydrogen-bond acceptors (Lipinski definition) is 8. The highest BCUT2D eigenvalue weighted by Gasteiger charge is 2.33. The van der Waals surface area contributed by atoms with Gasteiger partial charge in [0.05, 0.1) is 20.1 Å². The summed E-state index contributed by atoms with van der Waals surface area (Å²) in [5, 5.41) is 0. The second kappa shape index (κ2) is 7.77. The molecule has 8 nitrogen and oxygen atoms in total. The Bertz CT molecular complexity index is 956. The van der Waals surface area contributed by atoms with E-state index < -0.39 is 0 Å². The van der Waals surface area contributed by atoms with Crippen LogP contribution in [0.15, 0.2) is 46.6 Å². The van der Waals surface area contributed by atoms with Crippen molar-refractivity contribution in [2.75, 3.05) is 34.1 Å². The summed E-state index contributed by atoms with van der Waals surface area (Å²) in [5.41, 5.74) is 2.02. The number of nitrogens with zero attached hydrogens (tertiary/aromatic N) is 4. The molecule has 0 spiro atoms. The predicted octanol–water partition coefficient (Wildman–Crippen LogP) is 2.45. The lowest BCUT2D eigenvalue weighted by molar-refractivity contribution is 0.0492. The van der Waals surface area contributed by atoms with E-state index in [1.807, 2.05) is 17.0 Å². The summed E-state index contributed by atoms with van der Waals surface area (Å²) in [4.78, 5) is 28.1. The van der Waals surface area contributed by atoms with Crippen LogP contribution < -0.4 is 9.47 Å². The Hall–Kier alpha value is -3.26. The van der Waals surface area contributed by atoms with E-state index in [4.69, 9.17) is 19.2 Å². The van der Waals surface area contributed by atoms with Gasteiger partial charge in [-0.25, -0.2) is 4.99 Å². The Kier molecular flexibility index (Phi) is 5.03. The molecule has 144 valence electrons. The van der Waals surface area contributed by atoms with Crippen LogP contribution in [0.3, 0.4) is 0 Å². The van der Waals surface area contributed by atoms with Crippen molar-refractivity contribution in [2.45, 2.75) is 6.42 Å². The van der Waals surface area contributed by atoms with Crippen molar-refractivity contribution in [3.63, 3.8) is 0 Å². The first-order chi connectivity index (χ1) is 13.7. The van der Waals surface area contributed by atoms with Crippen LogP contribution in [0, 0.1) is 0 Å². The number of pyridine rings is 1.